The number of imidazole rings is 1. The minimum absolute atomic E-state index is 0.0167. The van der Waals surface area contributed by atoms with E-state index in [4.69, 9.17) is 0 Å². The second-order valence-electron chi connectivity index (χ2n) is 11.0. The van der Waals surface area contributed by atoms with Gasteiger partial charge in [0.2, 0.25) is 0 Å². The van der Waals surface area contributed by atoms with Crippen molar-refractivity contribution in [2.45, 2.75) is 122 Å². The van der Waals surface area contributed by atoms with Crippen LogP contribution in [0.4, 0.5) is 0 Å². The van der Waals surface area contributed by atoms with Gasteiger partial charge in [0.05, 0.1) is 12.5 Å². The summed E-state index contributed by atoms with van der Waals surface area (Å²) in [5, 5.41) is 0. The third kappa shape index (κ3) is 8.36. The minimum atomic E-state index is 0.0167. The molecule has 0 bridgehead atoms. The first-order chi connectivity index (χ1) is 17.7. The predicted octanol–water partition coefficient (Wildman–Crippen LogP) is 9.31. The van der Waals surface area contributed by atoms with Crippen LogP contribution in [0, 0.1) is 0 Å². The van der Waals surface area contributed by atoms with E-state index in [0.717, 1.165) is 13.0 Å². The normalized spacial score (nSPS) is 14.0. The standard InChI is InChI=1S/C34H50N2/c1-4-6-7-8-9-10-11-12-13-14-21-26-32(33-35-27-28-36(33)5-2)34(3,31-24-19-16-20-25-31)29-30-22-17-15-18-23-30/h15-20,22-25,27-28,32H,4-14,21,26,29H2,1-3H3/p+1. The van der Waals surface area contributed by atoms with Gasteiger partial charge in [0.25, 0.3) is 5.82 Å². The number of nitrogens with one attached hydrogen (secondary N) is 1. The van der Waals surface area contributed by atoms with Crippen LogP contribution in [0.5, 0.6) is 0 Å². The maximum absolute atomic E-state index is 3.67. The molecule has 0 spiro atoms. The highest BCUT2D eigenvalue weighted by molar-refractivity contribution is 5.32. The molecule has 0 aliphatic rings. The van der Waals surface area contributed by atoms with Crippen molar-refractivity contribution in [1.29, 1.82) is 0 Å². The molecule has 2 heteroatoms. The maximum atomic E-state index is 3.67. The molecule has 0 saturated carbocycles. The molecule has 0 aliphatic heterocycles. The molecule has 3 rings (SSSR count). The molecule has 3 aromatic rings. The zero-order chi connectivity index (χ0) is 25.5. The van der Waals surface area contributed by atoms with Crippen molar-refractivity contribution in [1.82, 2.24) is 4.98 Å². The molecule has 1 N–H and O–H groups in total. The second kappa shape index (κ2) is 15.7. The number of aromatic nitrogens is 2. The third-order valence-corrected chi connectivity index (χ3v) is 8.18. The Labute approximate surface area is 221 Å². The number of benzene rings is 2. The smallest absolute Gasteiger partial charge is 0.247 e. The van der Waals surface area contributed by atoms with E-state index in [1.807, 2.05) is 0 Å². The maximum Gasteiger partial charge on any atom is 0.258 e. The van der Waals surface area contributed by atoms with Crippen molar-refractivity contribution in [3.63, 3.8) is 0 Å². The molecular weight excluding hydrogens is 436 g/mol. The molecule has 2 nitrogen and oxygen atoms in total. The van der Waals surface area contributed by atoms with Gasteiger partial charge in [0, 0.05) is 5.41 Å². The molecule has 2 unspecified atom stereocenters. The van der Waals surface area contributed by atoms with Gasteiger partial charge in [-0.15, -0.1) is 0 Å². The van der Waals surface area contributed by atoms with Crippen molar-refractivity contribution in [2.24, 2.45) is 0 Å². The van der Waals surface area contributed by atoms with Gasteiger partial charge in [0.15, 0.2) is 0 Å². The molecule has 1 aromatic heterocycles. The highest BCUT2D eigenvalue weighted by Gasteiger charge is 2.41. The number of aromatic amines is 1. The third-order valence-electron chi connectivity index (χ3n) is 8.18. The molecule has 0 aliphatic carbocycles. The average molecular weight is 488 g/mol. The number of nitrogens with zero attached hydrogens (tertiary/aromatic N) is 1. The van der Waals surface area contributed by atoms with Crippen molar-refractivity contribution in [3.05, 3.63) is 90.0 Å². The summed E-state index contributed by atoms with van der Waals surface area (Å²) in [6, 6.07) is 22.3. The lowest BCUT2D eigenvalue weighted by Gasteiger charge is -2.37. The van der Waals surface area contributed by atoms with Crippen molar-refractivity contribution >= 4 is 0 Å². The monoisotopic (exact) mass is 487 g/mol. The van der Waals surface area contributed by atoms with Crippen LogP contribution in [0.15, 0.2) is 73.1 Å². The Morgan fingerprint density at radius 3 is 1.86 bits per heavy atom. The topological polar surface area (TPSA) is 19.7 Å². The predicted molar refractivity (Wildman–Crippen MR) is 154 cm³/mol. The summed E-state index contributed by atoms with van der Waals surface area (Å²) in [6.45, 7) is 8.06. The number of unbranched alkanes of at least 4 members (excludes halogenated alkanes) is 10. The first kappa shape index (κ1) is 28.2. The lowest BCUT2D eigenvalue weighted by molar-refractivity contribution is -0.701. The van der Waals surface area contributed by atoms with Gasteiger partial charge in [-0.25, -0.2) is 9.55 Å². The lowest BCUT2D eigenvalue weighted by atomic mass is 9.66. The quantitative estimate of drug-likeness (QED) is 0.136. The Kier molecular flexibility index (Phi) is 12.3. The Bertz CT molecular complexity index is 946. The second-order valence-corrected chi connectivity index (χ2v) is 11.0. The first-order valence-corrected chi connectivity index (χ1v) is 14.8. The number of hydrogen-bond donors (Lipinski definition) is 1. The summed E-state index contributed by atoms with van der Waals surface area (Å²) in [6.07, 6.45) is 21.9. The van der Waals surface area contributed by atoms with Crippen molar-refractivity contribution in [3.8, 4) is 0 Å². The van der Waals surface area contributed by atoms with Crippen LogP contribution in [0.1, 0.15) is 121 Å². The fraction of sp³-hybridized carbons (Fsp3) is 0.559. The molecule has 36 heavy (non-hydrogen) atoms. The minimum Gasteiger partial charge on any atom is -0.247 e. The molecule has 1 heterocycles. The van der Waals surface area contributed by atoms with Crippen LogP contribution in [0.2, 0.25) is 0 Å². The summed E-state index contributed by atoms with van der Waals surface area (Å²) in [5.74, 6) is 1.82. The van der Waals surface area contributed by atoms with E-state index in [-0.39, 0.29) is 5.41 Å². The number of H-pyrrole nitrogens is 1. The van der Waals surface area contributed by atoms with E-state index < -0.39 is 0 Å². The molecule has 196 valence electrons. The Morgan fingerprint density at radius 1 is 0.722 bits per heavy atom. The van der Waals surface area contributed by atoms with Crippen LogP contribution < -0.4 is 4.57 Å². The molecule has 0 fully saturated rings. The highest BCUT2D eigenvalue weighted by Crippen LogP contribution is 2.43. The zero-order valence-electron chi connectivity index (χ0n) is 23.4. The summed E-state index contributed by atoms with van der Waals surface area (Å²) in [5.41, 5.74) is 2.88. The average Bonchev–Trinajstić information content (AvgIpc) is 3.39. The van der Waals surface area contributed by atoms with Crippen LogP contribution in [0.25, 0.3) is 0 Å². The van der Waals surface area contributed by atoms with Gasteiger partial charge in [-0.1, -0.05) is 145 Å². The molecule has 0 amide bonds. The molecule has 2 aromatic carbocycles. The largest absolute Gasteiger partial charge is 0.258 e. The molecule has 2 atom stereocenters. The Morgan fingerprint density at radius 2 is 1.28 bits per heavy atom. The van der Waals surface area contributed by atoms with Crippen LogP contribution >= 0.6 is 0 Å². The fourth-order valence-corrected chi connectivity index (χ4v) is 5.99. The highest BCUT2D eigenvalue weighted by atomic mass is 15.1. The van der Waals surface area contributed by atoms with Gasteiger partial charge in [-0.2, -0.15) is 0 Å². The van der Waals surface area contributed by atoms with Gasteiger partial charge < -0.3 is 0 Å². The van der Waals surface area contributed by atoms with E-state index >= 15 is 0 Å². The summed E-state index contributed by atoms with van der Waals surface area (Å²) in [7, 11) is 0. The van der Waals surface area contributed by atoms with E-state index in [1.54, 1.807) is 0 Å². The van der Waals surface area contributed by atoms with Gasteiger partial charge in [-0.3, -0.25) is 0 Å². The van der Waals surface area contributed by atoms with Gasteiger partial charge in [-0.05, 0) is 30.9 Å². The van der Waals surface area contributed by atoms with Crippen molar-refractivity contribution < 1.29 is 4.57 Å². The summed E-state index contributed by atoms with van der Waals surface area (Å²) in [4.78, 5) is 3.67. The van der Waals surface area contributed by atoms with Gasteiger partial charge in [0.1, 0.15) is 12.4 Å². The fourth-order valence-electron chi connectivity index (χ4n) is 5.99. The Balaban J connectivity index is 1.68. The number of hydrogen-bond acceptors (Lipinski definition) is 0. The van der Waals surface area contributed by atoms with Crippen LogP contribution in [-0.4, -0.2) is 4.98 Å². The summed E-state index contributed by atoms with van der Waals surface area (Å²) >= 11 is 0. The van der Waals surface area contributed by atoms with E-state index in [1.165, 1.54) is 94.0 Å². The first-order valence-electron chi connectivity index (χ1n) is 14.8. The lowest BCUT2D eigenvalue weighted by Crippen LogP contribution is -2.43. The van der Waals surface area contributed by atoms with E-state index in [9.17, 15) is 0 Å². The van der Waals surface area contributed by atoms with E-state index in [0.29, 0.717) is 5.92 Å². The number of aryl methyl sites for hydroxylation is 1. The van der Waals surface area contributed by atoms with Crippen LogP contribution in [-0.2, 0) is 18.4 Å². The number of rotatable bonds is 18. The zero-order valence-corrected chi connectivity index (χ0v) is 23.4. The molecule has 0 saturated heterocycles. The molecular formula is C34H51N2+. The van der Waals surface area contributed by atoms with E-state index in [2.05, 4.69) is 103 Å². The van der Waals surface area contributed by atoms with Crippen LogP contribution in [0.3, 0.4) is 0 Å². The SMILES string of the molecule is CCCCCCCCCCCCCC(c1[nH]cc[n+]1CC)C(C)(Cc1ccccc1)c1ccccc1. The summed E-state index contributed by atoms with van der Waals surface area (Å²) < 4.78 is 2.43. The molecule has 0 radical (unpaired) electrons. The Hall–Kier alpha value is -2.35. The van der Waals surface area contributed by atoms with Gasteiger partial charge >= 0.3 is 0 Å². The van der Waals surface area contributed by atoms with Crippen molar-refractivity contribution in [2.75, 3.05) is 0 Å².